The molecule has 0 aromatic carbocycles. The zero-order chi connectivity index (χ0) is 14.7. The number of hydrogen-bond donors (Lipinski definition) is 1. The van der Waals surface area contributed by atoms with Crippen molar-refractivity contribution < 1.29 is 4.79 Å². The van der Waals surface area contributed by atoms with Crippen LogP contribution in [0.1, 0.15) is 13.3 Å². The van der Waals surface area contributed by atoms with E-state index in [0.29, 0.717) is 5.69 Å². The highest BCUT2D eigenvalue weighted by Gasteiger charge is 2.24. The van der Waals surface area contributed by atoms with Crippen molar-refractivity contribution in [3.8, 4) is 0 Å². The Morgan fingerprint density at radius 1 is 1.40 bits per heavy atom. The molecule has 2 rings (SSSR count). The van der Waals surface area contributed by atoms with E-state index in [1.165, 1.54) is 16.8 Å². The number of carbonyl (C=O) groups excluding carboxylic acids is 1. The number of hydrogen-bond acceptors (Lipinski definition) is 4. The summed E-state index contributed by atoms with van der Waals surface area (Å²) in [5, 5.41) is 0. The van der Waals surface area contributed by atoms with Gasteiger partial charge >= 0.3 is 0 Å². The van der Waals surface area contributed by atoms with Crippen molar-refractivity contribution in [1.82, 2.24) is 14.4 Å². The minimum absolute atomic E-state index is 0.0273. The maximum atomic E-state index is 12.4. The zero-order valence-corrected chi connectivity index (χ0v) is 12.1. The minimum atomic E-state index is -0.202. The normalized spacial score (nSPS) is 20.7. The molecule has 1 amide bonds. The first-order valence-corrected chi connectivity index (χ1v) is 6.91. The molecule has 0 radical (unpaired) electrons. The molecule has 0 spiro atoms. The minimum Gasteiger partial charge on any atom is -0.398 e. The average Bonchev–Trinajstić information content (AvgIpc) is 2.54. The lowest BCUT2D eigenvalue weighted by molar-refractivity contribution is -0.133. The van der Waals surface area contributed by atoms with Crippen molar-refractivity contribution in [3.05, 3.63) is 28.7 Å². The average molecular weight is 278 g/mol. The Labute approximate surface area is 118 Å². The molecular formula is C14H22N4O2. The molecule has 0 saturated carbocycles. The molecule has 0 bridgehead atoms. The number of nitrogen functional groups attached to an aromatic ring is 1. The first-order valence-electron chi connectivity index (χ1n) is 6.91. The van der Waals surface area contributed by atoms with Crippen LogP contribution in [-0.4, -0.2) is 53.0 Å². The lowest BCUT2D eigenvalue weighted by Crippen LogP contribution is -2.44. The number of aromatic nitrogens is 1. The maximum Gasteiger partial charge on any atom is 0.251 e. The van der Waals surface area contributed by atoms with Crippen LogP contribution in [0.3, 0.4) is 0 Å². The molecule has 6 nitrogen and oxygen atoms in total. The Bertz CT molecular complexity index is 540. The molecule has 1 atom stereocenters. The van der Waals surface area contributed by atoms with Crippen LogP contribution in [0.2, 0.25) is 0 Å². The third-order valence-electron chi connectivity index (χ3n) is 3.68. The summed E-state index contributed by atoms with van der Waals surface area (Å²) in [5.74, 6) is -0.0273. The topological polar surface area (TPSA) is 71.6 Å². The number of rotatable bonds is 2. The molecule has 1 saturated heterocycles. The van der Waals surface area contributed by atoms with Crippen LogP contribution in [-0.2, 0) is 11.3 Å². The van der Waals surface area contributed by atoms with Crippen molar-refractivity contribution in [2.45, 2.75) is 25.9 Å². The summed E-state index contributed by atoms with van der Waals surface area (Å²) in [4.78, 5) is 28.2. The van der Waals surface area contributed by atoms with Crippen LogP contribution in [0.15, 0.2) is 23.1 Å². The van der Waals surface area contributed by atoms with E-state index in [1.54, 1.807) is 6.07 Å². The van der Waals surface area contributed by atoms with Crippen molar-refractivity contribution in [2.24, 2.45) is 0 Å². The van der Waals surface area contributed by atoms with Gasteiger partial charge in [0.2, 0.25) is 5.91 Å². The highest BCUT2D eigenvalue weighted by atomic mass is 16.2. The molecule has 6 heteroatoms. The SMILES string of the molecule is CC1CN(C)CCCN1C(=O)Cn1cc(N)ccc1=O. The molecule has 1 fully saturated rings. The Morgan fingerprint density at radius 3 is 2.90 bits per heavy atom. The molecule has 0 aliphatic carbocycles. The number of anilines is 1. The fourth-order valence-corrected chi connectivity index (χ4v) is 2.65. The van der Waals surface area contributed by atoms with Gasteiger partial charge in [-0.2, -0.15) is 0 Å². The second kappa shape index (κ2) is 6.09. The standard InChI is InChI=1S/C14H22N4O2/c1-11-8-16(2)6-3-7-18(11)14(20)10-17-9-12(15)4-5-13(17)19/h4-5,9,11H,3,6-8,10,15H2,1-2H3. The number of likely N-dealkylation sites (N-methyl/N-ethyl adjacent to an activating group) is 1. The number of carbonyl (C=O) groups is 1. The van der Waals surface area contributed by atoms with E-state index in [2.05, 4.69) is 11.9 Å². The number of amides is 1. The van der Waals surface area contributed by atoms with E-state index in [9.17, 15) is 9.59 Å². The van der Waals surface area contributed by atoms with Crippen molar-refractivity contribution >= 4 is 11.6 Å². The highest BCUT2D eigenvalue weighted by molar-refractivity contribution is 5.76. The van der Waals surface area contributed by atoms with E-state index in [0.717, 1.165) is 26.1 Å². The van der Waals surface area contributed by atoms with Crippen LogP contribution < -0.4 is 11.3 Å². The summed E-state index contributed by atoms with van der Waals surface area (Å²) < 4.78 is 1.37. The van der Waals surface area contributed by atoms with Gasteiger partial charge in [0.1, 0.15) is 6.54 Å². The zero-order valence-electron chi connectivity index (χ0n) is 12.1. The van der Waals surface area contributed by atoms with Crippen molar-refractivity contribution in [2.75, 3.05) is 32.4 Å². The Balaban J connectivity index is 2.11. The highest BCUT2D eigenvalue weighted by Crippen LogP contribution is 2.09. The Kier molecular flexibility index (Phi) is 4.44. The van der Waals surface area contributed by atoms with Crippen LogP contribution in [0.25, 0.3) is 0 Å². The molecule has 20 heavy (non-hydrogen) atoms. The summed E-state index contributed by atoms with van der Waals surface area (Å²) in [6, 6.07) is 3.10. The van der Waals surface area contributed by atoms with Gasteiger partial charge in [-0.25, -0.2) is 0 Å². The lowest BCUT2D eigenvalue weighted by Gasteiger charge is -2.28. The van der Waals surface area contributed by atoms with Gasteiger partial charge in [0, 0.05) is 37.1 Å². The van der Waals surface area contributed by atoms with Gasteiger partial charge in [-0.1, -0.05) is 0 Å². The quantitative estimate of drug-likeness (QED) is 0.825. The van der Waals surface area contributed by atoms with Crippen LogP contribution in [0.4, 0.5) is 5.69 Å². The molecule has 2 heterocycles. The molecule has 2 N–H and O–H groups in total. The monoisotopic (exact) mass is 278 g/mol. The van der Waals surface area contributed by atoms with Gasteiger partial charge in [0.05, 0.1) is 0 Å². The predicted molar refractivity (Wildman–Crippen MR) is 78.4 cm³/mol. The molecule has 1 aromatic heterocycles. The molecule has 1 unspecified atom stereocenters. The van der Waals surface area contributed by atoms with E-state index in [1.807, 2.05) is 11.8 Å². The second-order valence-corrected chi connectivity index (χ2v) is 5.48. The van der Waals surface area contributed by atoms with Crippen LogP contribution in [0.5, 0.6) is 0 Å². The molecule has 1 aliphatic rings. The largest absolute Gasteiger partial charge is 0.398 e. The van der Waals surface area contributed by atoms with Gasteiger partial charge in [0.25, 0.3) is 5.56 Å². The van der Waals surface area contributed by atoms with Crippen molar-refractivity contribution in [3.63, 3.8) is 0 Å². The fourth-order valence-electron chi connectivity index (χ4n) is 2.65. The third-order valence-corrected chi connectivity index (χ3v) is 3.68. The van der Waals surface area contributed by atoms with Crippen molar-refractivity contribution in [1.29, 1.82) is 0 Å². The van der Waals surface area contributed by atoms with E-state index < -0.39 is 0 Å². The third kappa shape index (κ3) is 3.39. The Morgan fingerprint density at radius 2 is 2.15 bits per heavy atom. The smallest absolute Gasteiger partial charge is 0.251 e. The first kappa shape index (κ1) is 14.6. The van der Waals surface area contributed by atoms with Gasteiger partial charge in [0.15, 0.2) is 0 Å². The van der Waals surface area contributed by atoms with E-state index >= 15 is 0 Å². The summed E-state index contributed by atoms with van der Waals surface area (Å²) in [7, 11) is 2.06. The van der Waals surface area contributed by atoms with Gasteiger partial charge in [-0.15, -0.1) is 0 Å². The second-order valence-electron chi connectivity index (χ2n) is 5.48. The van der Waals surface area contributed by atoms with Crippen LogP contribution in [0, 0.1) is 0 Å². The lowest BCUT2D eigenvalue weighted by atomic mass is 10.2. The summed E-state index contributed by atoms with van der Waals surface area (Å²) in [5.41, 5.74) is 5.95. The number of nitrogens with two attached hydrogens (primary N) is 1. The molecular weight excluding hydrogens is 256 g/mol. The van der Waals surface area contributed by atoms with E-state index in [-0.39, 0.29) is 24.1 Å². The first-order chi connectivity index (χ1) is 9.47. The van der Waals surface area contributed by atoms with Gasteiger partial charge < -0.3 is 20.1 Å². The summed E-state index contributed by atoms with van der Waals surface area (Å²) in [6.45, 7) is 4.69. The predicted octanol–water partition coefficient (Wildman–Crippen LogP) is -0.0169. The summed E-state index contributed by atoms with van der Waals surface area (Å²) >= 11 is 0. The Hall–Kier alpha value is -1.82. The molecule has 1 aromatic rings. The number of nitrogens with zero attached hydrogens (tertiary/aromatic N) is 3. The fraction of sp³-hybridized carbons (Fsp3) is 0.571. The van der Waals surface area contributed by atoms with E-state index in [4.69, 9.17) is 5.73 Å². The molecule has 110 valence electrons. The summed E-state index contributed by atoms with van der Waals surface area (Å²) in [6.07, 6.45) is 2.48. The van der Waals surface area contributed by atoms with Crippen LogP contribution >= 0.6 is 0 Å². The number of pyridine rings is 1. The molecule has 1 aliphatic heterocycles. The van der Waals surface area contributed by atoms with Gasteiger partial charge in [-0.3, -0.25) is 9.59 Å². The maximum absolute atomic E-state index is 12.4. The van der Waals surface area contributed by atoms with Gasteiger partial charge in [-0.05, 0) is 33.0 Å².